The van der Waals surface area contributed by atoms with E-state index in [1.807, 2.05) is 4.90 Å². The predicted molar refractivity (Wildman–Crippen MR) is 98.5 cm³/mol. The second-order valence-electron chi connectivity index (χ2n) is 7.72. The van der Waals surface area contributed by atoms with Gasteiger partial charge in [-0.1, -0.05) is 44.2 Å². The van der Waals surface area contributed by atoms with Crippen molar-refractivity contribution in [2.45, 2.75) is 45.6 Å². The summed E-state index contributed by atoms with van der Waals surface area (Å²) in [6.07, 6.45) is 2.24. The lowest BCUT2D eigenvalue weighted by atomic mass is 9.78. The average molecular weight is 346 g/mol. The third-order valence-corrected chi connectivity index (χ3v) is 5.60. The van der Waals surface area contributed by atoms with E-state index in [4.69, 9.17) is 9.90 Å². The molecule has 138 valence electrons. The molecule has 1 N–H and O–H groups in total. The summed E-state index contributed by atoms with van der Waals surface area (Å²) >= 11 is 0. The van der Waals surface area contributed by atoms with E-state index >= 15 is 0 Å². The monoisotopic (exact) mass is 346 g/mol. The summed E-state index contributed by atoms with van der Waals surface area (Å²) in [5.74, 6) is 0.835. The zero-order valence-electron chi connectivity index (χ0n) is 15.5. The van der Waals surface area contributed by atoms with E-state index in [1.54, 1.807) is 6.92 Å². The van der Waals surface area contributed by atoms with Crippen molar-refractivity contribution >= 4 is 12.4 Å². The first-order valence-electron chi connectivity index (χ1n) is 9.01. The van der Waals surface area contributed by atoms with E-state index in [-0.39, 0.29) is 12.4 Å². The highest BCUT2D eigenvalue weighted by molar-refractivity contribution is 5.73. The molecule has 5 heteroatoms. The van der Waals surface area contributed by atoms with Crippen LogP contribution in [-0.2, 0) is 9.59 Å². The number of benzene rings is 1. The van der Waals surface area contributed by atoms with Crippen molar-refractivity contribution in [1.82, 2.24) is 9.80 Å². The maximum absolute atomic E-state index is 11.5. The third kappa shape index (κ3) is 4.82. The number of hydrogen-bond donors (Lipinski definition) is 1. The number of carboxylic acid groups (broad SMARTS) is 1. The van der Waals surface area contributed by atoms with E-state index in [2.05, 4.69) is 49.1 Å². The number of carbonyl (C=O) groups excluding carboxylic acids is 1. The van der Waals surface area contributed by atoms with Crippen molar-refractivity contribution in [2.24, 2.45) is 5.41 Å². The molecule has 1 aromatic carbocycles. The molecule has 0 saturated carbocycles. The van der Waals surface area contributed by atoms with Crippen molar-refractivity contribution in [3.63, 3.8) is 0 Å². The Bertz CT molecular complexity index is 566. The molecular weight excluding hydrogens is 316 g/mol. The maximum atomic E-state index is 11.5. The Labute approximate surface area is 150 Å². The number of likely N-dealkylation sites (tertiary alicyclic amines) is 2. The van der Waals surface area contributed by atoms with Gasteiger partial charge in [0.05, 0.1) is 0 Å². The van der Waals surface area contributed by atoms with Crippen LogP contribution in [0.5, 0.6) is 0 Å². The normalized spacial score (nSPS) is 23.6. The van der Waals surface area contributed by atoms with Crippen LogP contribution >= 0.6 is 0 Å². The lowest BCUT2D eigenvalue weighted by Gasteiger charge is -2.36. The van der Waals surface area contributed by atoms with Crippen LogP contribution in [-0.4, -0.2) is 59.5 Å². The van der Waals surface area contributed by atoms with Crippen LogP contribution in [0.1, 0.15) is 45.1 Å². The first-order valence-corrected chi connectivity index (χ1v) is 9.01. The molecule has 1 aromatic rings. The zero-order valence-corrected chi connectivity index (χ0v) is 15.5. The minimum Gasteiger partial charge on any atom is -0.483 e. The van der Waals surface area contributed by atoms with Gasteiger partial charge in [-0.3, -0.25) is 14.5 Å². The third-order valence-electron chi connectivity index (χ3n) is 5.60. The van der Waals surface area contributed by atoms with Gasteiger partial charge >= 0.3 is 0 Å². The Morgan fingerprint density at radius 2 is 1.76 bits per heavy atom. The van der Waals surface area contributed by atoms with Crippen LogP contribution < -0.4 is 0 Å². The Kier molecular flexibility index (Phi) is 6.59. The topological polar surface area (TPSA) is 60.9 Å². The largest absolute Gasteiger partial charge is 0.483 e. The van der Waals surface area contributed by atoms with Crippen molar-refractivity contribution in [2.75, 3.05) is 26.2 Å². The van der Waals surface area contributed by atoms with Gasteiger partial charge in [0.25, 0.3) is 6.47 Å². The van der Waals surface area contributed by atoms with Crippen molar-refractivity contribution in [3.05, 3.63) is 35.9 Å². The molecule has 0 spiro atoms. The molecule has 0 aliphatic carbocycles. The molecule has 1 unspecified atom stereocenters. The van der Waals surface area contributed by atoms with Crippen molar-refractivity contribution in [3.8, 4) is 0 Å². The first kappa shape index (κ1) is 19.4. The standard InChI is InChI=1S/C19H28N2O.CH2O2/c1-15(22)20-11-9-17(10-12-20)21-13-18(19(2,3)14-21)16-7-5-4-6-8-16;2-1-3/h4-8,17-18H,9-14H2,1-3H3;1H,(H,2,3). The van der Waals surface area contributed by atoms with Crippen LogP contribution in [0.15, 0.2) is 30.3 Å². The first-order chi connectivity index (χ1) is 11.9. The smallest absolute Gasteiger partial charge is 0.290 e. The highest BCUT2D eigenvalue weighted by atomic mass is 16.3. The van der Waals surface area contributed by atoms with E-state index in [0.29, 0.717) is 17.4 Å². The summed E-state index contributed by atoms with van der Waals surface area (Å²) in [5, 5.41) is 6.89. The average Bonchev–Trinajstić information content (AvgIpc) is 2.92. The Balaban J connectivity index is 0.000000701. The molecule has 0 bridgehead atoms. The highest BCUT2D eigenvalue weighted by Gasteiger charge is 2.42. The van der Waals surface area contributed by atoms with Gasteiger partial charge in [0, 0.05) is 45.1 Å². The predicted octanol–water partition coefficient (Wildman–Crippen LogP) is 2.82. The summed E-state index contributed by atoms with van der Waals surface area (Å²) in [7, 11) is 0. The molecule has 2 fully saturated rings. The van der Waals surface area contributed by atoms with Crippen molar-refractivity contribution in [1.29, 1.82) is 0 Å². The fraction of sp³-hybridized carbons (Fsp3) is 0.600. The van der Waals surface area contributed by atoms with Gasteiger partial charge in [0.1, 0.15) is 0 Å². The van der Waals surface area contributed by atoms with Gasteiger partial charge in [-0.15, -0.1) is 0 Å². The van der Waals surface area contributed by atoms with E-state index < -0.39 is 0 Å². The van der Waals surface area contributed by atoms with Gasteiger partial charge < -0.3 is 10.0 Å². The lowest BCUT2D eigenvalue weighted by molar-refractivity contribution is -0.130. The maximum Gasteiger partial charge on any atom is 0.290 e. The SMILES string of the molecule is CC(=O)N1CCC(N2CC(c3ccccc3)C(C)(C)C2)CC1.O=CO. The molecule has 0 aromatic heterocycles. The number of amides is 1. The molecule has 2 heterocycles. The lowest BCUT2D eigenvalue weighted by Crippen LogP contribution is -2.45. The van der Waals surface area contributed by atoms with Crippen LogP contribution in [0.2, 0.25) is 0 Å². The highest BCUT2D eigenvalue weighted by Crippen LogP contribution is 2.43. The van der Waals surface area contributed by atoms with E-state index in [0.717, 1.165) is 39.0 Å². The Morgan fingerprint density at radius 3 is 2.28 bits per heavy atom. The number of nitrogens with zero attached hydrogens (tertiary/aromatic N) is 2. The quantitative estimate of drug-likeness (QED) is 0.837. The van der Waals surface area contributed by atoms with Crippen molar-refractivity contribution < 1.29 is 14.7 Å². The summed E-state index contributed by atoms with van der Waals surface area (Å²) in [6.45, 7) is 10.4. The van der Waals surface area contributed by atoms with Gasteiger partial charge in [0.15, 0.2) is 0 Å². The van der Waals surface area contributed by atoms with E-state index in [1.165, 1.54) is 5.56 Å². The van der Waals surface area contributed by atoms with Crippen LogP contribution in [0, 0.1) is 5.41 Å². The van der Waals surface area contributed by atoms with Crippen LogP contribution in [0.4, 0.5) is 0 Å². The van der Waals surface area contributed by atoms with Crippen LogP contribution in [0.25, 0.3) is 0 Å². The second kappa shape index (κ2) is 8.48. The minimum atomic E-state index is -0.250. The van der Waals surface area contributed by atoms with E-state index in [9.17, 15) is 4.79 Å². The number of carbonyl (C=O) groups is 2. The molecule has 2 saturated heterocycles. The number of hydrogen-bond acceptors (Lipinski definition) is 3. The number of rotatable bonds is 2. The summed E-state index contributed by atoms with van der Waals surface area (Å²) in [4.78, 5) is 24.5. The van der Waals surface area contributed by atoms with Gasteiger partial charge in [-0.25, -0.2) is 0 Å². The molecule has 1 amide bonds. The van der Waals surface area contributed by atoms with Gasteiger partial charge in [0.2, 0.25) is 5.91 Å². The molecule has 5 nitrogen and oxygen atoms in total. The Hall–Kier alpha value is -1.88. The minimum absolute atomic E-state index is 0.224. The second-order valence-corrected chi connectivity index (χ2v) is 7.72. The van der Waals surface area contributed by atoms with Gasteiger partial charge in [-0.2, -0.15) is 0 Å². The molecule has 2 aliphatic rings. The summed E-state index contributed by atoms with van der Waals surface area (Å²) in [5.41, 5.74) is 1.79. The summed E-state index contributed by atoms with van der Waals surface area (Å²) < 4.78 is 0. The van der Waals surface area contributed by atoms with Gasteiger partial charge in [-0.05, 0) is 23.8 Å². The fourth-order valence-electron chi connectivity index (χ4n) is 4.25. The molecule has 2 aliphatic heterocycles. The van der Waals surface area contributed by atoms with Crippen LogP contribution in [0.3, 0.4) is 0 Å². The zero-order chi connectivity index (χ0) is 18.4. The molecule has 3 rings (SSSR count). The summed E-state index contributed by atoms with van der Waals surface area (Å²) in [6, 6.07) is 11.6. The molecular formula is C20H30N2O3. The fourth-order valence-corrected chi connectivity index (χ4v) is 4.25. The molecule has 0 radical (unpaired) electrons. The molecule has 25 heavy (non-hydrogen) atoms. The molecule has 1 atom stereocenters. The Morgan fingerprint density at radius 1 is 1.20 bits per heavy atom. The number of piperidine rings is 1.